The number of nitrogens with one attached hydrogen (secondary N) is 1. The Bertz CT molecular complexity index is 1220. The number of imide groups is 2. The Morgan fingerprint density at radius 3 is 2.59 bits per heavy atom. The second-order valence-electron chi connectivity index (χ2n) is 9.25. The summed E-state index contributed by atoms with van der Waals surface area (Å²) in [5.74, 6) is -0.657. The van der Waals surface area contributed by atoms with E-state index in [2.05, 4.69) is 37.9 Å². The first-order valence-corrected chi connectivity index (χ1v) is 11.6. The van der Waals surface area contributed by atoms with Crippen molar-refractivity contribution < 1.29 is 19.1 Å². The molecule has 0 radical (unpaired) electrons. The van der Waals surface area contributed by atoms with Gasteiger partial charge in [0.2, 0.25) is 0 Å². The van der Waals surface area contributed by atoms with Crippen molar-refractivity contribution in [2.45, 2.75) is 45.6 Å². The van der Waals surface area contributed by atoms with Gasteiger partial charge in [-0.05, 0) is 69.0 Å². The third-order valence-corrected chi connectivity index (χ3v) is 6.76. The maximum absolute atomic E-state index is 13.3. The molecule has 178 valence electrons. The minimum atomic E-state index is -0.818. The number of methoxy groups -OCH3 is 1. The first-order chi connectivity index (χ1) is 16.1. The molecule has 2 aliphatic heterocycles. The quantitative estimate of drug-likeness (QED) is 0.484. The minimum absolute atomic E-state index is 0.0107. The van der Waals surface area contributed by atoms with Crippen molar-refractivity contribution in [2.24, 2.45) is 0 Å². The lowest BCUT2D eigenvalue weighted by molar-refractivity contribution is -0.122. The SMILES string of the molecule is CCN1c2cc(OC)c(/C=C3/C(=O)NC(=O)N(c4cccc(Cl)c4)C3=O)cc2C(C)CC1(C)C. The molecule has 0 spiro atoms. The van der Waals surface area contributed by atoms with Crippen molar-refractivity contribution in [1.82, 2.24) is 5.32 Å². The first-order valence-electron chi connectivity index (χ1n) is 11.2. The fraction of sp³-hybridized carbons (Fsp3) is 0.346. The molecule has 1 N–H and O–H groups in total. The van der Waals surface area contributed by atoms with E-state index in [0.29, 0.717) is 16.3 Å². The summed E-state index contributed by atoms with van der Waals surface area (Å²) in [5.41, 5.74) is 2.92. The fourth-order valence-corrected chi connectivity index (χ4v) is 5.26. The third kappa shape index (κ3) is 4.05. The Labute approximate surface area is 204 Å². The maximum Gasteiger partial charge on any atom is 0.335 e. The lowest BCUT2D eigenvalue weighted by atomic mass is 9.79. The zero-order valence-electron chi connectivity index (χ0n) is 19.9. The molecule has 8 heteroatoms. The number of hydrogen-bond donors (Lipinski definition) is 1. The molecule has 0 aliphatic carbocycles. The standard InChI is InChI=1S/C26H28ClN3O4/c1-6-29-21-13-22(34-5)16(10-19(21)15(2)14-26(29,3)4)11-20-23(31)28-25(33)30(24(20)32)18-9-7-8-17(27)12-18/h7-13,15H,6,14H2,1-5H3,(H,28,31,33)/b20-11-. The summed E-state index contributed by atoms with van der Waals surface area (Å²) in [6.07, 6.45) is 2.45. The van der Waals surface area contributed by atoms with Crippen LogP contribution in [-0.2, 0) is 9.59 Å². The maximum atomic E-state index is 13.3. The lowest BCUT2D eigenvalue weighted by Crippen LogP contribution is -2.54. The van der Waals surface area contributed by atoms with E-state index in [1.54, 1.807) is 25.3 Å². The van der Waals surface area contributed by atoms with Gasteiger partial charge in [0.25, 0.3) is 11.8 Å². The van der Waals surface area contributed by atoms with Crippen LogP contribution < -0.4 is 19.9 Å². The van der Waals surface area contributed by atoms with Crippen LogP contribution in [0.4, 0.5) is 16.2 Å². The number of ether oxygens (including phenoxy) is 1. The van der Waals surface area contributed by atoms with Crippen LogP contribution in [0.25, 0.3) is 6.08 Å². The highest BCUT2D eigenvalue weighted by Gasteiger charge is 2.38. The number of urea groups is 1. The van der Waals surface area contributed by atoms with Crippen molar-refractivity contribution in [1.29, 1.82) is 0 Å². The Hall–Kier alpha value is -3.32. The predicted molar refractivity (Wildman–Crippen MR) is 134 cm³/mol. The summed E-state index contributed by atoms with van der Waals surface area (Å²) in [4.78, 5) is 41.7. The van der Waals surface area contributed by atoms with Crippen LogP contribution in [0.3, 0.4) is 0 Å². The summed E-state index contributed by atoms with van der Waals surface area (Å²) >= 11 is 6.05. The van der Waals surface area contributed by atoms with E-state index in [-0.39, 0.29) is 22.7 Å². The van der Waals surface area contributed by atoms with Gasteiger partial charge in [-0.15, -0.1) is 0 Å². The zero-order valence-corrected chi connectivity index (χ0v) is 20.7. The molecule has 1 saturated heterocycles. The van der Waals surface area contributed by atoms with Gasteiger partial charge < -0.3 is 9.64 Å². The molecule has 2 heterocycles. The Kier molecular flexibility index (Phi) is 6.16. The molecule has 7 nitrogen and oxygen atoms in total. The van der Waals surface area contributed by atoms with Crippen LogP contribution in [0.1, 0.15) is 51.2 Å². The highest BCUT2D eigenvalue weighted by molar-refractivity contribution is 6.39. The summed E-state index contributed by atoms with van der Waals surface area (Å²) in [6.45, 7) is 9.59. The Balaban J connectivity index is 1.81. The first kappa shape index (κ1) is 23.8. The number of benzene rings is 2. The zero-order chi connectivity index (χ0) is 24.8. The topological polar surface area (TPSA) is 79.0 Å². The summed E-state index contributed by atoms with van der Waals surface area (Å²) < 4.78 is 5.66. The second kappa shape index (κ2) is 8.80. The van der Waals surface area contributed by atoms with E-state index < -0.39 is 17.8 Å². The van der Waals surface area contributed by atoms with E-state index in [1.165, 1.54) is 12.1 Å². The molecule has 0 saturated carbocycles. The molecule has 34 heavy (non-hydrogen) atoms. The number of rotatable bonds is 4. The van der Waals surface area contributed by atoms with Gasteiger partial charge >= 0.3 is 6.03 Å². The van der Waals surface area contributed by atoms with Gasteiger partial charge in [-0.1, -0.05) is 24.6 Å². The summed E-state index contributed by atoms with van der Waals surface area (Å²) in [5, 5.41) is 2.62. The van der Waals surface area contributed by atoms with E-state index in [1.807, 2.05) is 12.1 Å². The van der Waals surface area contributed by atoms with Crippen LogP contribution in [0.2, 0.25) is 5.02 Å². The summed E-state index contributed by atoms with van der Waals surface area (Å²) in [6, 6.07) is 9.47. The number of fused-ring (bicyclic) bond motifs is 1. The average molecular weight is 482 g/mol. The smallest absolute Gasteiger partial charge is 0.335 e. The number of carbonyl (C=O) groups is 3. The van der Waals surface area contributed by atoms with Crippen molar-refractivity contribution in [2.75, 3.05) is 23.5 Å². The van der Waals surface area contributed by atoms with E-state index in [4.69, 9.17) is 16.3 Å². The van der Waals surface area contributed by atoms with Crippen molar-refractivity contribution in [3.63, 3.8) is 0 Å². The van der Waals surface area contributed by atoms with E-state index >= 15 is 0 Å². The fourth-order valence-electron chi connectivity index (χ4n) is 5.08. The highest BCUT2D eigenvalue weighted by Crippen LogP contribution is 2.46. The minimum Gasteiger partial charge on any atom is -0.496 e. The second-order valence-corrected chi connectivity index (χ2v) is 9.69. The predicted octanol–water partition coefficient (Wildman–Crippen LogP) is 5.13. The molecule has 0 bridgehead atoms. The molecule has 2 aromatic carbocycles. The highest BCUT2D eigenvalue weighted by atomic mass is 35.5. The number of barbiturate groups is 1. The van der Waals surface area contributed by atoms with Gasteiger partial charge in [0.15, 0.2) is 0 Å². The third-order valence-electron chi connectivity index (χ3n) is 6.52. The van der Waals surface area contributed by atoms with Gasteiger partial charge in [-0.25, -0.2) is 9.69 Å². The molecular weight excluding hydrogens is 454 g/mol. The van der Waals surface area contributed by atoms with Crippen molar-refractivity contribution in [3.05, 3.63) is 58.1 Å². The number of hydrogen-bond acceptors (Lipinski definition) is 5. The number of amides is 4. The average Bonchev–Trinajstić information content (AvgIpc) is 2.76. The van der Waals surface area contributed by atoms with Crippen LogP contribution in [0.5, 0.6) is 5.75 Å². The molecule has 1 unspecified atom stereocenters. The van der Waals surface area contributed by atoms with Gasteiger partial charge in [0, 0.05) is 34.4 Å². The Morgan fingerprint density at radius 1 is 1.21 bits per heavy atom. The van der Waals surface area contributed by atoms with Gasteiger partial charge in [0.05, 0.1) is 12.8 Å². The lowest BCUT2D eigenvalue weighted by Gasteiger charge is -2.47. The Morgan fingerprint density at radius 2 is 1.94 bits per heavy atom. The van der Waals surface area contributed by atoms with Crippen LogP contribution >= 0.6 is 11.6 Å². The van der Waals surface area contributed by atoms with E-state index in [0.717, 1.165) is 29.1 Å². The molecule has 2 aliphatic rings. The normalized spacial score (nSPS) is 20.9. The van der Waals surface area contributed by atoms with Crippen LogP contribution in [0.15, 0.2) is 42.0 Å². The number of nitrogens with zero attached hydrogens (tertiary/aromatic N) is 2. The molecule has 4 rings (SSSR count). The van der Waals surface area contributed by atoms with E-state index in [9.17, 15) is 14.4 Å². The number of anilines is 2. The molecule has 0 aromatic heterocycles. The molecule has 2 aromatic rings. The van der Waals surface area contributed by atoms with Crippen molar-refractivity contribution in [3.8, 4) is 5.75 Å². The number of carbonyl (C=O) groups excluding carboxylic acids is 3. The molecule has 1 atom stereocenters. The van der Waals surface area contributed by atoms with Gasteiger partial charge in [-0.3, -0.25) is 14.9 Å². The van der Waals surface area contributed by atoms with Gasteiger partial charge in [-0.2, -0.15) is 0 Å². The number of halogens is 1. The van der Waals surface area contributed by atoms with Crippen LogP contribution in [0, 0.1) is 0 Å². The largest absolute Gasteiger partial charge is 0.496 e. The van der Waals surface area contributed by atoms with Crippen molar-refractivity contribution >= 4 is 46.9 Å². The molecule has 4 amide bonds. The molecule has 1 fully saturated rings. The van der Waals surface area contributed by atoms with Crippen LogP contribution in [-0.4, -0.2) is 37.0 Å². The summed E-state index contributed by atoms with van der Waals surface area (Å²) in [7, 11) is 1.56. The molecular formula is C26H28ClN3O4. The van der Waals surface area contributed by atoms with Gasteiger partial charge in [0.1, 0.15) is 11.3 Å². The monoisotopic (exact) mass is 481 g/mol.